The van der Waals surface area contributed by atoms with Crippen LogP contribution in [0, 0.1) is 6.92 Å². The van der Waals surface area contributed by atoms with E-state index in [4.69, 9.17) is 9.47 Å². The van der Waals surface area contributed by atoms with Gasteiger partial charge in [-0.2, -0.15) is 0 Å². The molecule has 1 amide bonds. The zero-order valence-electron chi connectivity index (χ0n) is 14.8. The summed E-state index contributed by atoms with van der Waals surface area (Å²) in [7, 11) is 1.69. The van der Waals surface area contributed by atoms with Crippen LogP contribution in [0.15, 0.2) is 48.7 Å². The van der Waals surface area contributed by atoms with Crippen molar-refractivity contribution >= 4 is 5.91 Å². The number of pyridine rings is 1. The predicted octanol–water partition coefficient (Wildman–Crippen LogP) is 3.09. The van der Waals surface area contributed by atoms with Gasteiger partial charge in [0, 0.05) is 25.5 Å². The van der Waals surface area contributed by atoms with Gasteiger partial charge in [0.15, 0.2) is 0 Å². The number of ether oxygens (including phenoxy) is 2. The number of likely N-dealkylation sites (tertiary alicyclic amines) is 1. The number of carbonyl (C=O) groups excluding carboxylic acids is 1. The number of para-hydroxylation sites is 1. The third kappa shape index (κ3) is 4.17. The molecule has 5 nitrogen and oxygen atoms in total. The summed E-state index contributed by atoms with van der Waals surface area (Å²) < 4.78 is 11.7. The predicted molar refractivity (Wildman–Crippen MR) is 95.8 cm³/mol. The van der Waals surface area contributed by atoms with Crippen molar-refractivity contribution in [2.45, 2.75) is 25.4 Å². The Labute approximate surface area is 148 Å². The van der Waals surface area contributed by atoms with Crippen molar-refractivity contribution in [1.29, 1.82) is 0 Å². The van der Waals surface area contributed by atoms with Gasteiger partial charge >= 0.3 is 0 Å². The summed E-state index contributed by atoms with van der Waals surface area (Å²) in [5, 5.41) is 0. The molecule has 5 heteroatoms. The Morgan fingerprint density at radius 1 is 1.24 bits per heavy atom. The van der Waals surface area contributed by atoms with E-state index >= 15 is 0 Å². The molecule has 2 heterocycles. The minimum Gasteiger partial charge on any atom is -0.491 e. The van der Waals surface area contributed by atoms with Crippen LogP contribution >= 0.6 is 0 Å². The third-order valence-electron chi connectivity index (χ3n) is 4.66. The molecule has 1 aliphatic rings. The standard InChI is InChI=1S/C20H24N2O3/c1-16-9-10-17(13-21-16)19(23)22-12-6-11-20(14-22,24-2)15-25-18-7-4-3-5-8-18/h3-5,7-10,13H,6,11-12,14-15H2,1-2H3. The molecule has 1 unspecified atom stereocenters. The molecule has 0 aliphatic carbocycles. The van der Waals surface area contributed by atoms with Crippen LogP contribution in [-0.2, 0) is 4.74 Å². The number of nitrogens with zero attached hydrogens (tertiary/aromatic N) is 2. The van der Waals surface area contributed by atoms with Gasteiger partial charge in [-0.1, -0.05) is 18.2 Å². The molecule has 1 aromatic heterocycles. The number of benzene rings is 1. The van der Waals surface area contributed by atoms with Gasteiger partial charge in [-0.25, -0.2) is 0 Å². The molecule has 1 fully saturated rings. The Morgan fingerprint density at radius 2 is 2.04 bits per heavy atom. The van der Waals surface area contributed by atoms with E-state index in [1.807, 2.05) is 54.3 Å². The Morgan fingerprint density at radius 3 is 2.72 bits per heavy atom. The molecule has 25 heavy (non-hydrogen) atoms. The molecule has 1 saturated heterocycles. The minimum absolute atomic E-state index is 0.00617. The molecule has 132 valence electrons. The number of aromatic nitrogens is 1. The van der Waals surface area contributed by atoms with E-state index in [1.54, 1.807) is 13.3 Å². The number of hydrogen-bond acceptors (Lipinski definition) is 4. The average Bonchev–Trinajstić information content (AvgIpc) is 2.67. The first-order valence-electron chi connectivity index (χ1n) is 8.57. The van der Waals surface area contributed by atoms with Crippen molar-refractivity contribution in [2.75, 3.05) is 26.8 Å². The second kappa shape index (κ2) is 7.66. The summed E-state index contributed by atoms with van der Waals surface area (Å²) in [5.74, 6) is 0.804. The molecule has 1 aromatic carbocycles. The van der Waals surface area contributed by atoms with Crippen LogP contribution in [0.5, 0.6) is 5.75 Å². The number of rotatable bonds is 5. The van der Waals surface area contributed by atoms with Crippen molar-refractivity contribution < 1.29 is 14.3 Å². The Bertz CT molecular complexity index is 703. The van der Waals surface area contributed by atoms with E-state index in [2.05, 4.69) is 4.98 Å². The Hall–Kier alpha value is -2.40. The molecule has 2 aromatic rings. The Balaban J connectivity index is 1.69. The lowest BCUT2D eigenvalue weighted by atomic mass is 9.93. The van der Waals surface area contributed by atoms with Crippen LogP contribution in [-0.4, -0.2) is 48.2 Å². The smallest absolute Gasteiger partial charge is 0.255 e. The van der Waals surface area contributed by atoms with Gasteiger partial charge in [-0.3, -0.25) is 9.78 Å². The number of hydrogen-bond donors (Lipinski definition) is 0. The summed E-state index contributed by atoms with van der Waals surface area (Å²) in [6, 6.07) is 13.4. The number of piperidine rings is 1. The lowest BCUT2D eigenvalue weighted by Crippen LogP contribution is -2.54. The van der Waals surface area contributed by atoms with Gasteiger partial charge in [0.25, 0.3) is 5.91 Å². The van der Waals surface area contributed by atoms with Crippen molar-refractivity contribution in [3.8, 4) is 5.75 Å². The molecular formula is C20H24N2O3. The largest absolute Gasteiger partial charge is 0.491 e. The maximum atomic E-state index is 12.8. The lowest BCUT2D eigenvalue weighted by Gasteiger charge is -2.41. The summed E-state index contributed by atoms with van der Waals surface area (Å²) >= 11 is 0. The summed E-state index contributed by atoms with van der Waals surface area (Å²) in [6.07, 6.45) is 3.39. The van der Waals surface area contributed by atoms with Crippen LogP contribution in [0.1, 0.15) is 28.9 Å². The van der Waals surface area contributed by atoms with Crippen LogP contribution in [0.4, 0.5) is 0 Å². The Kier molecular flexibility index (Phi) is 5.34. The second-order valence-electron chi connectivity index (χ2n) is 6.51. The van der Waals surface area contributed by atoms with Crippen molar-refractivity contribution in [3.63, 3.8) is 0 Å². The fourth-order valence-electron chi connectivity index (χ4n) is 3.12. The van der Waals surface area contributed by atoms with E-state index in [-0.39, 0.29) is 5.91 Å². The van der Waals surface area contributed by atoms with Crippen molar-refractivity contribution in [1.82, 2.24) is 9.88 Å². The first kappa shape index (κ1) is 17.4. The molecular weight excluding hydrogens is 316 g/mol. The first-order chi connectivity index (χ1) is 12.1. The van der Waals surface area contributed by atoms with Crippen LogP contribution in [0.3, 0.4) is 0 Å². The van der Waals surface area contributed by atoms with Crippen LogP contribution in [0.25, 0.3) is 0 Å². The minimum atomic E-state index is -0.484. The van der Waals surface area contributed by atoms with Gasteiger partial charge in [-0.05, 0) is 44.0 Å². The zero-order valence-corrected chi connectivity index (χ0v) is 14.8. The summed E-state index contributed by atoms with van der Waals surface area (Å²) in [4.78, 5) is 18.8. The van der Waals surface area contributed by atoms with Gasteiger partial charge < -0.3 is 14.4 Å². The van der Waals surface area contributed by atoms with E-state index in [1.165, 1.54) is 0 Å². The number of methoxy groups -OCH3 is 1. The highest BCUT2D eigenvalue weighted by molar-refractivity contribution is 5.94. The molecule has 0 radical (unpaired) electrons. The number of aryl methyl sites for hydroxylation is 1. The van der Waals surface area contributed by atoms with E-state index in [0.717, 1.165) is 30.8 Å². The van der Waals surface area contributed by atoms with Crippen LogP contribution < -0.4 is 4.74 Å². The first-order valence-corrected chi connectivity index (χ1v) is 8.57. The fraction of sp³-hybridized carbons (Fsp3) is 0.400. The molecule has 0 N–H and O–H groups in total. The third-order valence-corrected chi connectivity index (χ3v) is 4.66. The molecule has 1 atom stereocenters. The quantitative estimate of drug-likeness (QED) is 0.839. The van der Waals surface area contributed by atoms with Crippen LogP contribution in [0.2, 0.25) is 0 Å². The molecule has 3 rings (SSSR count). The lowest BCUT2D eigenvalue weighted by molar-refractivity contribution is -0.0824. The van der Waals surface area contributed by atoms with Gasteiger partial charge in [-0.15, -0.1) is 0 Å². The summed E-state index contributed by atoms with van der Waals surface area (Å²) in [6.45, 7) is 3.57. The number of carbonyl (C=O) groups is 1. The normalized spacial score (nSPS) is 20.3. The molecule has 0 saturated carbocycles. The summed E-state index contributed by atoms with van der Waals surface area (Å²) in [5.41, 5.74) is 1.03. The second-order valence-corrected chi connectivity index (χ2v) is 6.51. The maximum Gasteiger partial charge on any atom is 0.255 e. The topological polar surface area (TPSA) is 51.7 Å². The molecule has 0 spiro atoms. The average molecular weight is 340 g/mol. The maximum absolute atomic E-state index is 12.8. The van der Waals surface area contributed by atoms with Crippen molar-refractivity contribution in [2.24, 2.45) is 0 Å². The highest BCUT2D eigenvalue weighted by atomic mass is 16.5. The van der Waals surface area contributed by atoms with Gasteiger partial charge in [0.05, 0.1) is 12.1 Å². The highest BCUT2D eigenvalue weighted by Gasteiger charge is 2.38. The molecule has 0 bridgehead atoms. The highest BCUT2D eigenvalue weighted by Crippen LogP contribution is 2.27. The number of amides is 1. The van der Waals surface area contributed by atoms with Gasteiger partial charge in [0.2, 0.25) is 0 Å². The molecule has 1 aliphatic heterocycles. The fourth-order valence-corrected chi connectivity index (χ4v) is 3.12. The SMILES string of the molecule is COC1(COc2ccccc2)CCCN(C(=O)c2ccc(C)nc2)C1. The van der Waals surface area contributed by atoms with Gasteiger partial charge in [0.1, 0.15) is 18.0 Å². The van der Waals surface area contributed by atoms with E-state index in [9.17, 15) is 4.79 Å². The van der Waals surface area contributed by atoms with Crippen molar-refractivity contribution in [3.05, 3.63) is 59.9 Å². The monoisotopic (exact) mass is 340 g/mol. The zero-order chi connectivity index (χ0) is 17.7. The van der Waals surface area contributed by atoms with E-state index < -0.39 is 5.60 Å². The van der Waals surface area contributed by atoms with E-state index in [0.29, 0.717) is 18.7 Å².